The highest BCUT2D eigenvalue weighted by Crippen LogP contribution is 2.35. The standard InChI is InChI=1S/C20H21N3O3/c24-19(13-26-20(25)16-11-12-21-22-16)23-17-7-3-1-5-14(17)9-10-15-6-2-4-8-18(15)23/h1-8,16,21-22H,9-13H2. The van der Waals surface area contributed by atoms with Gasteiger partial charge in [0.2, 0.25) is 0 Å². The lowest BCUT2D eigenvalue weighted by atomic mass is 10.0. The van der Waals surface area contributed by atoms with E-state index in [2.05, 4.69) is 10.9 Å². The topological polar surface area (TPSA) is 70.7 Å². The molecule has 26 heavy (non-hydrogen) atoms. The third-order valence-corrected chi connectivity index (χ3v) is 4.83. The molecule has 1 atom stereocenters. The van der Waals surface area contributed by atoms with Crippen LogP contribution in [-0.2, 0) is 27.2 Å². The number of para-hydroxylation sites is 2. The quantitative estimate of drug-likeness (QED) is 0.826. The van der Waals surface area contributed by atoms with Gasteiger partial charge in [0.1, 0.15) is 6.04 Å². The van der Waals surface area contributed by atoms with Crippen LogP contribution in [0, 0.1) is 0 Å². The van der Waals surface area contributed by atoms with E-state index in [-0.39, 0.29) is 12.5 Å². The number of carbonyl (C=O) groups excluding carboxylic acids is 2. The molecule has 1 amide bonds. The monoisotopic (exact) mass is 351 g/mol. The van der Waals surface area contributed by atoms with Crippen molar-refractivity contribution in [1.29, 1.82) is 0 Å². The highest BCUT2D eigenvalue weighted by molar-refractivity contribution is 6.03. The first-order chi connectivity index (χ1) is 12.7. The molecule has 0 aromatic heterocycles. The fourth-order valence-electron chi connectivity index (χ4n) is 3.51. The number of nitrogens with one attached hydrogen (secondary N) is 2. The Balaban J connectivity index is 1.59. The van der Waals surface area contributed by atoms with Crippen LogP contribution in [0.2, 0.25) is 0 Å². The Morgan fingerprint density at radius 1 is 1.00 bits per heavy atom. The van der Waals surface area contributed by atoms with Crippen LogP contribution in [0.25, 0.3) is 0 Å². The number of nitrogens with zero attached hydrogens (tertiary/aromatic N) is 1. The van der Waals surface area contributed by atoms with E-state index in [9.17, 15) is 9.59 Å². The number of anilines is 2. The van der Waals surface area contributed by atoms with Gasteiger partial charge in [-0.2, -0.15) is 0 Å². The molecule has 2 aromatic rings. The van der Waals surface area contributed by atoms with E-state index in [1.54, 1.807) is 4.90 Å². The number of aryl methyl sites for hydroxylation is 2. The first-order valence-corrected chi connectivity index (χ1v) is 8.88. The maximum Gasteiger partial charge on any atom is 0.325 e. The third-order valence-electron chi connectivity index (χ3n) is 4.83. The molecular formula is C20H21N3O3. The van der Waals surface area contributed by atoms with Gasteiger partial charge < -0.3 is 4.74 Å². The summed E-state index contributed by atoms with van der Waals surface area (Å²) in [4.78, 5) is 26.8. The minimum Gasteiger partial charge on any atom is -0.454 e. The maximum atomic E-state index is 13.0. The van der Waals surface area contributed by atoms with Crippen LogP contribution in [0.4, 0.5) is 11.4 Å². The number of amides is 1. The predicted molar refractivity (Wildman–Crippen MR) is 97.9 cm³/mol. The number of rotatable bonds is 3. The van der Waals surface area contributed by atoms with Gasteiger partial charge in [0.25, 0.3) is 5.91 Å². The number of benzene rings is 2. The van der Waals surface area contributed by atoms with Crippen LogP contribution in [0.5, 0.6) is 0 Å². The van der Waals surface area contributed by atoms with E-state index >= 15 is 0 Å². The highest BCUT2D eigenvalue weighted by atomic mass is 16.5. The predicted octanol–water partition coefficient (Wildman–Crippen LogP) is 1.86. The molecule has 6 heteroatoms. The average Bonchev–Trinajstić information content (AvgIpc) is 3.15. The number of carbonyl (C=O) groups is 2. The summed E-state index contributed by atoms with van der Waals surface area (Å²) in [6.07, 6.45) is 2.39. The van der Waals surface area contributed by atoms with Crippen molar-refractivity contribution in [2.24, 2.45) is 0 Å². The number of ether oxygens (including phenoxy) is 1. The molecule has 2 heterocycles. The summed E-state index contributed by atoms with van der Waals surface area (Å²) in [5.41, 5.74) is 9.70. The number of esters is 1. The Labute approximate surface area is 152 Å². The zero-order valence-electron chi connectivity index (χ0n) is 14.4. The van der Waals surface area contributed by atoms with Gasteiger partial charge in [-0.15, -0.1) is 0 Å². The second-order valence-electron chi connectivity index (χ2n) is 6.51. The van der Waals surface area contributed by atoms with Gasteiger partial charge in [-0.1, -0.05) is 36.4 Å². The first kappa shape index (κ1) is 16.8. The summed E-state index contributed by atoms with van der Waals surface area (Å²) < 4.78 is 5.28. The lowest BCUT2D eigenvalue weighted by Gasteiger charge is -2.25. The molecule has 2 aliphatic rings. The molecule has 1 saturated heterocycles. The fraction of sp³-hybridized carbons (Fsp3) is 0.300. The molecule has 6 nitrogen and oxygen atoms in total. The van der Waals surface area contributed by atoms with E-state index in [0.29, 0.717) is 13.0 Å². The number of fused-ring (bicyclic) bond motifs is 2. The third kappa shape index (κ3) is 3.21. The molecule has 2 N–H and O–H groups in total. The molecule has 0 aliphatic carbocycles. The van der Waals surface area contributed by atoms with Crippen molar-refractivity contribution in [1.82, 2.24) is 10.9 Å². The zero-order chi connectivity index (χ0) is 17.9. The summed E-state index contributed by atoms with van der Waals surface area (Å²) in [5, 5.41) is 0. The Morgan fingerprint density at radius 2 is 1.62 bits per heavy atom. The van der Waals surface area contributed by atoms with Crippen molar-refractivity contribution < 1.29 is 14.3 Å². The number of hydrogen-bond donors (Lipinski definition) is 2. The molecule has 1 unspecified atom stereocenters. The van der Waals surface area contributed by atoms with Crippen LogP contribution in [-0.4, -0.2) is 31.1 Å². The minimum absolute atomic E-state index is 0.244. The van der Waals surface area contributed by atoms with Crippen LogP contribution in [0.1, 0.15) is 17.5 Å². The Bertz CT molecular complexity index is 783. The van der Waals surface area contributed by atoms with E-state index in [0.717, 1.165) is 35.3 Å². The molecular weight excluding hydrogens is 330 g/mol. The van der Waals surface area contributed by atoms with Crippen molar-refractivity contribution in [3.05, 3.63) is 59.7 Å². The lowest BCUT2D eigenvalue weighted by Crippen LogP contribution is -2.39. The molecule has 0 radical (unpaired) electrons. The summed E-state index contributed by atoms with van der Waals surface area (Å²) in [6, 6.07) is 15.4. The normalized spacial score (nSPS) is 18.6. The van der Waals surface area contributed by atoms with Crippen molar-refractivity contribution >= 4 is 23.3 Å². The lowest BCUT2D eigenvalue weighted by molar-refractivity contribution is -0.149. The summed E-state index contributed by atoms with van der Waals surface area (Å²) in [5.74, 6) is -0.647. The minimum atomic E-state index is -0.403. The largest absolute Gasteiger partial charge is 0.454 e. The number of hydrogen-bond acceptors (Lipinski definition) is 5. The Hall–Kier alpha value is -2.70. The Kier molecular flexibility index (Phi) is 4.69. The van der Waals surface area contributed by atoms with Crippen molar-refractivity contribution in [3.8, 4) is 0 Å². The highest BCUT2D eigenvalue weighted by Gasteiger charge is 2.28. The molecule has 2 aromatic carbocycles. The van der Waals surface area contributed by atoms with Gasteiger partial charge >= 0.3 is 5.97 Å². The van der Waals surface area contributed by atoms with Crippen LogP contribution < -0.4 is 15.8 Å². The molecule has 2 aliphatic heterocycles. The number of hydrazine groups is 1. The molecule has 0 bridgehead atoms. The van der Waals surface area contributed by atoms with Crippen molar-refractivity contribution in [3.63, 3.8) is 0 Å². The van der Waals surface area contributed by atoms with E-state index in [4.69, 9.17) is 4.74 Å². The second kappa shape index (κ2) is 7.27. The van der Waals surface area contributed by atoms with Gasteiger partial charge in [-0.05, 0) is 42.5 Å². The molecule has 4 rings (SSSR count). The van der Waals surface area contributed by atoms with Gasteiger partial charge in [-0.25, -0.2) is 5.43 Å². The maximum absolute atomic E-state index is 13.0. The fourth-order valence-corrected chi connectivity index (χ4v) is 3.51. The van der Waals surface area contributed by atoms with Gasteiger partial charge in [0, 0.05) is 6.54 Å². The van der Waals surface area contributed by atoms with Crippen LogP contribution in [0.3, 0.4) is 0 Å². The average molecular weight is 351 g/mol. The van der Waals surface area contributed by atoms with E-state index in [1.807, 2.05) is 48.5 Å². The Morgan fingerprint density at radius 3 is 2.19 bits per heavy atom. The molecule has 0 spiro atoms. The summed E-state index contributed by atoms with van der Waals surface area (Å²) in [6.45, 7) is 0.431. The van der Waals surface area contributed by atoms with E-state index < -0.39 is 12.0 Å². The van der Waals surface area contributed by atoms with Crippen LogP contribution in [0.15, 0.2) is 48.5 Å². The second-order valence-corrected chi connectivity index (χ2v) is 6.51. The SMILES string of the molecule is O=C(OCC(=O)N1c2ccccc2CCc2ccccc21)C1CCNN1. The summed E-state index contributed by atoms with van der Waals surface area (Å²) >= 11 is 0. The van der Waals surface area contributed by atoms with Gasteiger partial charge in [0.15, 0.2) is 6.61 Å². The molecule has 0 saturated carbocycles. The molecule has 134 valence electrons. The van der Waals surface area contributed by atoms with Crippen molar-refractivity contribution in [2.45, 2.75) is 25.3 Å². The van der Waals surface area contributed by atoms with E-state index in [1.165, 1.54) is 0 Å². The van der Waals surface area contributed by atoms with Gasteiger partial charge in [-0.3, -0.25) is 19.9 Å². The first-order valence-electron chi connectivity index (χ1n) is 8.88. The summed E-state index contributed by atoms with van der Waals surface area (Å²) in [7, 11) is 0. The van der Waals surface area contributed by atoms with Crippen LogP contribution >= 0.6 is 0 Å². The van der Waals surface area contributed by atoms with Crippen molar-refractivity contribution in [2.75, 3.05) is 18.1 Å². The zero-order valence-corrected chi connectivity index (χ0v) is 14.4. The van der Waals surface area contributed by atoms with Gasteiger partial charge in [0.05, 0.1) is 11.4 Å². The smallest absolute Gasteiger partial charge is 0.325 e. The molecule has 1 fully saturated rings.